The van der Waals surface area contributed by atoms with Crippen LogP contribution >= 0.6 is 11.3 Å². The summed E-state index contributed by atoms with van der Waals surface area (Å²) >= 11 is 1.67. The number of nitrogens with zero attached hydrogens (tertiary/aromatic N) is 5. The summed E-state index contributed by atoms with van der Waals surface area (Å²) in [5.74, 6) is 0.963. The highest BCUT2D eigenvalue weighted by Crippen LogP contribution is 2.22. The average molecular weight is 411 g/mol. The molecule has 0 aliphatic carbocycles. The first kappa shape index (κ1) is 19.6. The van der Waals surface area contributed by atoms with Gasteiger partial charge in [-0.25, -0.2) is 9.98 Å². The molecule has 0 spiro atoms. The van der Waals surface area contributed by atoms with Gasteiger partial charge < -0.3 is 14.7 Å². The number of aliphatic imine (C=N–C) groups is 1. The molecule has 0 atom stereocenters. The van der Waals surface area contributed by atoms with E-state index in [9.17, 15) is 0 Å². The molecular weight excluding hydrogens is 384 g/mol. The Kier molecular flexibility index (Phi) is 6.53. The Morgan fingerprint density at radius 3 is 2.72 bits per heavy atom. The maximum Gasteiger partial charge on any atom is 0.194 e. The second kappa shape index (κ2) is 9.67. The van der Waals surface area contributed by atoms with Gasteiger partial charge in [0.1, 0.15) is 11.3 Å². The van der Waals surface area contributed by atoms with Crippen LogP contribution < -0.4 is 5.32 Å². The molecule has 7 nitrogen and oxygen atoms in total. The van der Waals surface area contributed by atoms with Gasteiger partial charge in [-0.2, -0.15) is 0 Å². The molecule has 1 saturated heterocycles. The summed E-state index contributed by atoms with van der Waals surface area (Å²) in [6.07, 6.45) is 1.63. The fourth-order valence-corrected chi connectivity index (χ4v) is 4.09. The number of thiazole rings is 1. The van der Waals surface area contributed by atoms with Gasteiger partial charge in [0, 0.05) is 56.3 Å². The van der Waals surface area contributed by atoms with Crippen LogP contribution in [0.25, 0.3) is 11.3 Å². The van der Waals surface area contributed by atoms with Crippen LogP contribution in [0.2, 0.25) is 0 Å². The Hall–Kier alpha value is -2.71. The van der Waals surface area contributed by atoms with Gasteiger partial charge in [0.05, 0.1) is 17.9 Å². The molecule has 2 aromatic heterocycles. The van der Waals surface area contributed by atoms with Gasteiger partial charge in [0.15, 0.2) is 5.96 Å². The summed E-state index contributed by atoms with van der Waals surface area (Å²) in [6, 6.07) is 12.2. The van der Waals surface area contributed by atoms with Crippen molar-refractivity contribution in [2.75, 3.05) is 32.7 Å². The highest BCUT2D eigenvalue weighted by Gasteiger charge is 2.20. The van der Waals surface area contributed by atoms with Gasteiger partial charge in [0.2, 0.25) is 0 Å². The van der Waals surface area contributed by atoms with Gasteiger partial charge in [-0.05, 0) is 6.92 Å². The first-order valence-corrected chi connectivity index (χ1v) is 10.8. The Balaban J connectivity index is 1.35. The van der Waals surface area contributed by atoms with Crippen molar-refractivity contribution in [1.29, 1.82) is 0 Å². The predicted octanol–water partition coefficient (Wildman–Crippen LogP) is 3.08. The lowest BCUT2D eigenvalue weighted by molar-refractivity contribution is 0.169. The van der Waals surface area contributed by atoms with Crippen LogP contribution in [0.15, 0.2) is 57.6 Å². The van der Waals surface area contributed by atoms with Crippen LogP contribution in [0.4, 0.5) is 0 Å². The number of piperazine rings is 1. The lowest BCUT2D eigenvalue weighted by atomic mass is 10.2. The molecule has 0 saturated carbocycles. The standard InChI is InChI=1S/C21H26N6OS/c1-2-22-21(27-11-9-26(10-12-27)15-18-8-13-28-25-18)23-14-20-24-19(16-29-20)17-6-4-3-5-7-17/h3-8,13,16H,2,9-12,14-15H2,1H3,(H,22,23). The van der Waals surface area contributed by atoms with E-state index in [0.717, 1.165) is 67.2 Å². The van der Waals surface area contributed by atoms with Crippen LogP contribution in [0.3, 0.4) is 0 Å². The van der Waals surface area contributed by atoms with Gasteiger partial charge >= 0.3 is 0 Å². The second-order valence-electron chi connectivity index (χ2n) is 6.92. The minimum absolute atomic E-state index is 0.596. The SMILES string of the molecule is CCNC(=NCc1nc(-c2ccccc2)cs1)N1CCN(Cc2ccon2)CC1. The number of hydrogen-bond acceptors (Lipinski definition) is 6. The topological polar surface area (TPSA) is 69.8 Å². The first-order chi connectivity index (χ1) is 14.3. The summed E-state index contributed by atoms with van der Waals surface area (Å²) < 4.78 is 4.93. The highest BCUT2D eigenvalue weighted by molar-refractivity contribution is 7.09. The fraction of sp³-hybridized carbons (Fsp3) is 0.381. The summed E-state index contributed by atoms with van der Waals surface area (Å²) in [5.41, 5.74) is 3.15. The average Bonchev–Trinajstić information content (AvgIpc) is 3.45. The first-order valence-electron chi connectivity index (χ1n) is 9.96. The third kappa shape index (κ3) is 5.21. The van der Waals surface area contributed by atoms with Crippen LogP contribution in [-0.4, -0.2) is 58.6 Å². The Morgan fingerprint density at radius 1 is 1.17 bits per heavy atom. The smallest absolute Gasteiger partial charge is 0.194 e. The summed E-state index contributed by atoms with van der Waals surface area (Å²) in [5, 5.41) is 10.6. The Morgan fingerprint density at radius 2 is 2.00 bits per heavy atom. The zero-order valence-electron chi connectivity index (χ0n) is 16.6. The molecule has 1 aliphatic heterocycles. The summed E-state index contributed by atoms with van der Waals surface area (Å²) in [4.78, 5) is 14.3. The summed E-state index contributed by atoms with van der Waals surface area (Å²) in [7, 11) is 0. The van der Waals surface area contributed by atoms with Gasteiger partial charge in [-0.1, -0.05) is 35.5 Å². The molecule has 0 radical (unpaired) electrons. The third-order valence-corrected chi connectivity index (χ3v) is 5.70. The Labute approximate surface area is 175 Å². The molecule has 3 heterocycles. The molecule has 8 heteroatoms. The minimum atomic E-state index is 0.596. The molecule has 1 fully saturated rings. The number of guanidine groups is 1. The predicted molar refractivity (Wildman–Crippen MR) is 116 cm³/mol. The lowest BCUT2D eigenvalue weighted by Crippen LogP contribution is -2.52. The quantitative estimate of drug-likeness (QED) is 0.497. The fourth-order valence-electron chi connectivity index (χ4n) is 3.36. The molecule has 0 amide bonds. The van der Waals surface area contributed by atoms with Crippen molar-refractivity contribution in [3.63, 3.8) is 0 Å². The van der Waals surface area contributed by atoms with E-state index in [1.54, 1.807) is 17.6 Å². The van der Waals surface area contributed by atoms with Crippen molar-refractivity contribution < 1.29 is 4.52 Å². The van der Waals surface area contributed by atoms with Gasteiger partial charge in [0.25, 0.3) is 0 Å². The molecule has 1 aromatic carbocycles. The van der Waals surface area contributed by atoms with E-state index >= 15 is 0 Å². The molecule has 3 aromatic rings. The maximum atomic E-state index is 4.93. The van der Waals surface area contributed by atoms with E-state index in [0.29, 0.717) is 6.54 Å². The number of benzene rings is 1. The van der Waals surface area contributed by atoms with Crippen LogP contribution in [0, 0.1) is 0 Å². The third-order valence-electron chi connectivity index (χ3n) is 4.87. The minimum Gasteiger partial charge on any atom is -0.364 e. The molecular formula is C21H26N6OS. The van der Waals surface area contributed by atoms with E-state index in [-0.39, 0.29) is 0 Å². The highest BCUT2D eigenvalue weighted by atomic mass is 32.1. The van der Waals surface area contributed by atoms with E-state index in [4.69, 9.17) is 14.5 Å². The Bertz CT molecular complexity index is 900. The molecule has 0 unspecified atom stereocenters. The normalized spacial score (nSPS) is 15.6. The molecule has 1 aliphatic rings. The molecule has 4 rings (SSSR count). The largest absolute Gasteiger partial charge is 0.364 e. The summed E-state index contributed by atoms with van der Waals surface area (Å²) in [6.45, 7) is 8.23. The number of hydrogen-bond donors (Lipinski definition) is 1. The zero-order chi connectivity index (χ0) is 19.9. The van der Waals surface area contributed by atoms with Gasteiger partial charge in [-0.15, -0.1) is 11.3 Å². The van der Waals surface area contributed by atoms with Crippen LogP contribution in [-0.2, 0) is 13.1 Å². The zero-order valence-corrected chi connectivity index (χ0v) is 17.4. The van der Waals surface area contributed by atoms with Crippen LogP contribution in [0.5, 0.6) is 0 Å². The number of aromatic nitrogens is 2. The van der Waals surface area contributed by atoms with Crippen molar-refractivity contribution in [1.82, 2.24) is 25.3 Å². The number of rotatable bonds is 6. The lowest BCUT2D eigenvalue weighted by Gasteiger charge is -2.36. The molecule has 29 heavy (non-hydrogen) atoms. The van der Waals surface area contributed by atoms with E-state index in [1.165, 1.54) is 0 Å². The molecule has 152 valence electrons. The molecule has 0 bridgehead atoms. The van der Waals surface area contributed by atoms with Crippen molar-refractivity contribution >= 4 is 17.3 Å². The van der Waals surface area contributed by atoms with Crippen molar-refractivity contribution in [2.45, 2.75) is 20.0 Å². The van der Waals surface area contributed by atoms with Crippen LogP contribution in [0.1, 0.15) is 17.6 Å². The van der Waals surface area contributed by atoms with E-state index in [2.05, 4.69) is 44.7 Å². The number of nitrogens with one attached hydrogen (secondary N) is 1. The molecule has 1 N–H and O–H groups in total. The maximum absolute atomic E-state index is 4.93. The van der Waals surface area contributed by atoms with Crippen molar-refractivity contribution in [3.8, 4) is 11.3 Å². The second-order valence-corrected chi connectivity index (χ2v) is 7.86. The van der Waals surface area contributed by atoms with E-state index in [1.807, 2.05) is 24.3 Å². The van der Waals surface area contributed by atoms with Crippen molar-refractivity contribution in [3.05, 3.63) is 58.7 Å². The monoisotopic (exact) mass is 410 g/mol. The van der Waals surface area contributed by atoms with E-state index < -0.39 is 0 Å². The van der Waals surface area contributed by atoms with Gasteiger partial charge in [-0.3, -0.25) is 4.90 Å². The van der Waals surface area contributed by atoms with Crippen molar-refractivity contribution in [2.24, 2.45) is 4.99 Å².